The molecule has 6 heteroatoms. The Morgan fingerprint density at radius 3 is 2.81 bits per heavy atom. The Hall–Kier alpha value is -1.75. The van der Waals surface area contributed by atoms with Gasteiger partial charge in [0.05, 0.1) is 17.1 Å². The van der Waals surface area contributed by atoms with Gasteiger partial charge in [0.1, 0.15) is 5.15 Å². The van der Waals surface area contributed by atoms with Crippen molar-refractivity contribution in [2.75, 3.05) is 11.1 Å². The first kappa shape index (κ1) is 10.8. The van der Waals surface area contributed by atoms with Crippen molar-refractivity contribution < 1.29 is 0 Å². The van der Waals surface area contributed by atoms with Crippen LogP contribution in [0.4, 0.5) is 17.2 Å². The van der Waals surface area contributed by atoms with Crippen molar-refractivity contribution >= 4 is 28.8 Å². The Morgan fingerprint density at radius 1 is 1.44 bits per heavy atom. The maximum absolute atomic E-state index is 5.80. The van der Waals surface area contributed by atoms with Gasteiger partial charge in [-0.25, -0.2) is 4.98 Å². The zero-order chi connectivity index (χ0) is 11.7. The molecule has 0 saturated heterocycles. The van der Waals surface area contributed by atoms with E-state index in [9.17, 15) is 0 Å². The van der Waals surface area contributed by atoms with E-state index in [0.717, 1.165) is 11.4 Å². The molecule has 0 saturated carbocycles. The predicted octanol–water partition coefficient (Wildman–Crippen LogP) is 2.10. The molecule has 16 heavy (non-hydrogen) atoms. The number of anilines is 3. The molecule has 0 amide bonds. The van der Waals surface area contributed by atoms with Crippen molar-refractivity contribution in [1.82, 2.24) is 14.8 Å². The van der Waals surface area contributed by atoms with Crippen LogP contribution in [-0.2, 0) is 7.05 Å². The van der Waals surface area contributed by atoms with Crippen molar-refractivity contribution in [2.45, 2.75) is 6.92 Å². The Morgan fingerprint density at radius 2 is 2.19 bits per heavy atom. The number of nitrogens with zero attached hydrogens (tertiary/aromatic N) is 3. The number of hydrogen-bond acceptors (Lipinski definition) is 4. The van der Waals surface area contributed by atoms with Gasteiger partial charge < -0.3 is 11.1 Å². The SMILES string of the molecule is Cc1nn(C)cc1Nc1nc(Cl)ccc1N. The number of pyridine rings is 1. The summed E-state index contributed by atoms with van der Waals surface area (Å²) in [6.07, 6.45) is 1.86. The third kappa shape index (κ3) is 2.09. The minimum Gasteiger partial charge on any atom is -0.396 e. The van der Waals surface area contributed by atoms with E-state index in [2.05, 4.69) is 15.4 Å². The summed E-state index contributed by atoms with van der Waals surface area (Å²) < 4.78 is 1.72. The molecule has 0 aromatic carbocycles. The second-order valence-electron chi connectivity index (χ2n) is 3.50. The molecule has 0 radical (unpaired) electrons. The van der Waals surface area contributed by atoms with E-state index in [-0.39, 0.29) is 0 Å². The van der Waals surface area contributed by atoms with Gasteiger partial charge in [0.25, 0.3) is 0 Å². The van der Waals surface area contributed by atoms with Crippen molar-refractivity contribution in [1.29, 1.82) is 0 Å². The van der Waals surface area contributed by atoms with Crippen LogP contribution in [-0.4, -0.2) is 14.8 Å². The Kier molecular flexibility index (Phi) is 2.70. The summed E-state index contributed by atoms with van der Waals surface area (Å²) in [4.78, 5) is 4.11. The highest BCUT2D eigenvalue weighted by Crippen LogP contribution is 2.24. The molecule has 0 unspecified atom stereocenters. The van der Waals surface area contributed by atoms with E-state index < -0.39 is 0 Å². The van der Waals surface area contributed by atoms with Crippen LogP contribution in [0.15, 0.2) is 18.3 Å². The minimum atomic E-state index is 0.401. The summed E-state index contributed by atoms with van der Waals surface area (Å²) in [7, 11) is 1.85. The quantitative estimate of drug-likeness (QED) is 0.785. The van der Waals surface area contributed by atoms with Crippen molar-refractivity contribution in [3.8, 4) is 0 Å². The lowest BCUT2D eigenvalue weighted by molar-refractivity contribution is 0.756. The first-order valence-electron chi connectivity index (χ1n) is 4.75. The Labute approximate surface area is 98.2 Å². The molecule has 5 nitrogen and oxygen atoms in total. The van der Waals surface area contributed by atoms with Crippen LogP contribution >= 0.6 is 11.6 Å². The molecule has 0 aliphatic rings. The molecular formula is C10H12ClN5. The third-order valence-corrected chi connectivity index (χ3v) is 2.37. The molecule has 2 heterocycles. The number of nitrogen functional groups attached to an aromatic ring is 1. The molecule has 0 aliphatic carbocycles. The standard InChI is InChI=1S/C10H12ClN5/c1-6-8(5-16(2)15-6)13-10-7(12)3-4-9(11)14-10/h3-5H,12H2,1-2H3,(H,13,14). The number of nitrogens with two attached hydrogens (primary N) is 1. The van der Waals surface area contributed by atoms with E-state index in [0.29, 0.717) is 16.7 Å². The molecule has 0 spiro atoms. The second kappa shape index (κ2) is 4.02. The highest BCUT2D eigenvalue weighted by molar-refractivity contribution is 6.29. The number of rotatable bonds is 2. The third-order valence-electron chi connectivity index (χ3n) is 2.16. The fraction of sp³-hybridized carbons (Fsp3) is 0.200. The second-order valence-corrected chi connectivity index (χ2v) is 3.89. The molecule has 2 aromatic rings. The average Bonchev–Trinajstić information content (AvgIpc) is 2.51. The van der Waals surface area contributed by atoms with Crippen molar-refractivity contribution in [2.24, 2.45) is 7.05 Å². The highest BCUT2D eigenvalue weighted by Gasteiger charge is 2.07. The lowest BCUT2D eigenvalue weighted by Gasteiger charge is -2.06. The molecule has 0 fully saturated rings. The molecule has 2 rings (SSSR count). The van der Waals surface area contributed by atoms with Gasteiger partial charge >= 0.3 is 0 Å². The molecule has 0 atom stereocenters. The van der Waals surface area contributed by atoms with Crippen molar-refractivity contribution in [3.63, 3.8) is 0 Å². The topological polar surface area (TPSA) is 68.8 Å². The first-order valence-corrected chi connectivity index (χ1v) is 5.13. The van der Waals surface area contributed by atoms with Crippen LogP contribution in [0.3, 0.4) is 0 Å². The van der Waals surface area contributed by atoms with Gasteiger partial charge in [0.15, 0.2) is 5.82 Å². The maximum atomic E-state index is 5.80. The Balaban J connectivity index is 2.33. The largest absolute Gasteiger partial charge is 0.396 e. The zero-order valence-electron chi connectivity index (χ0n) is 9.03. The lowest BCUT2D eigenvalue weighted by atomic mass is 10.3. The lowest BCUT2D eigenvalue weighted by Crippen LogP contribution is -1.99. The van der Waals surface area contributed by atoms with E-state index in [4.69, 9.17) is 17.3 Å². The fourth-order valence-corrected chi connectivity index (χ4v) is 1.54. The summed E-state index contributed by atoms with van der Waals surface area (Å²) in [5, 5.41) is 7.71. The van der Waals surface area contributed by atoms with Gasteiger partial charge in [0.2, 0.25) is 0 Å². The highest BCUT2D eigenvalue weighted by atomic mass is 35.5. The van der Waals surface area contributed by atoms with Crippen LogP contribution in [0.25, 0.3) is 0 Å². The van der Waals surface area contributed by atoms with Crippen LogP contribution in [0.2, 0.25) is 5.15 Å². The maximum Gasteiger partial charge on any atom is 0.155 e. The summed E-state index contributed by atoms with van der Waals surface area (Å²) in [5.41, 5.74) is 8.08. The normalized spacial score (nSPS) is 10.4. The van der Waals surface area contributed by atoms with Crippen LogP contribution < -0.4 is 11.1 Å². The van der Waals surface area contributed by atoms with Crippen LogP contribution in [0, 0.1) is 6.92 Å². The number of aromatic nitrogens is 3. The van der Waals surface area contributed by atoms with Gasteiger partial charge in [0, 0.05) is 13.2 Å². The van der Waals surface area contributed by atoms with Crippen LogP contribution in [0.1, 0.15) is 5.69 Å². The fourth-order valence-electron chi connectivity index (χ4n) is 1.40. The molecule has 2 aromatic heterocycles. The average molecular weight is 238 g/mol. The first-order chi connectivity index (χ1) is 7.56. The monoisotopic (exact) mass is 237 g/mol. The zero-order valence-corrected chi connectivity index (χ0v) is 9.78. The van der Waals surface area contributed by atoms with E-state index in [1.807, 2.05) is 20.2 Å². The van der Waals surface area contributed by atoms with Gasteiger partial charge in [-0.05, 0) is 19.1 Å². The van der Waals surface area contributed by atoms with Gasteiger partial charge in [-0.2, -0.15) is 5.10 Å². The van der Waals surface area contributed by atoms with E-state index >= 15 is 0 Å². The smallest absolute Gasteiger partial charge is 0.155 e. The van der Waals surface area contributed by atoms with Crippen LogP contribution in [0.5, 0.6) is 0 Å². The Bertz CT molecular complexity index is 520. The van der Waals surface area contributed by atoms with E-state index in [1.54, 1.807) is 16.8 Å². The predicted molar refractivity (Wildman–Crippen MR) is 64.9 cm³/mol. The molecule has 84 valence electrons. The number of halogens is 1. The minimum absolute atomic E-state index is 0.401. The molecule has 0 aliphatic heterocycles. The number of nitrogens with one attached hydrogen (secondary N) is 1. The molecular weight excluding hydrogens is 226 g/mol. The number of hydrogen-bond donors (Lipinski definition) is 2. The number of aryl methyl sites for hydroxylation is 2. The summed E-state index contributed by atoms with van der Waals surface area (Å²) in [6, 6.07) is 3.36. The van der Waals surface area contributed by atoms with Gasteiger partial charge in [-0.15, -0.1) is 0 Å². The molecule has 3 N–H and O–H groups in total. The molecule has 0 bridgehead atoms. The summed E-state index contributed by atoms with van der Waals surface area (Å²) >= 11 is 5.80. The summed E-state index contributed by atoms with van der Waals surface area (Å²) in [5.74, 6) is 0.545. The van der Waals surface area contributed by atoms with Gasteiger partial charge in [-0.1, -0.05) is 11.6 Å². The van der Waals surface area contributed by atoms with Crippen molar-refractivity contribution in [3.05, 3.63) is 29.2 Å². The van der Waals surface area contributed by atoms with Gasteiger partial charge in [-0.3, -0.25) is 4.68 Å². The van der Waals surface area contributed by atoms with E-state index in [1.165, 1.54) is 0 Å². The summed E-state index contributed by atoms with van der Waals surface area (Å²) in [6.45, 7) is 1.91.